The Kier molecular flexibility index (Phi) is 9.31. The molecule has 2 heterocycles. The second kappa shape index (κ2) is 10.7. The summed E-state index contributed by atoms with van der Waals surface area (Å²) in [6.45, 7) is 12.5. The van der Waals surface area contributed by atoms with Gasteiger partial charge in [-0.15, -0.1) is 24.0 Å². The quantitative estimate of drug-likeness (QED) is 0.302. The van der Waals surface area contributed by atoms with Gasteiger partial charge in [0.05, 0.1) is 18.5 Å². The van der Waals surface area contributed by atoms with Crippen LogP contribution >= 0.6 is 24.0 Å². The molecule has 0 aliphatic heterocycles. The van der Waals surface area contributed by atoms with Crippen LogP contribution < -0.4 is 10.6 Å². The van der Waals surface area contributed by atoms with Gasteiger partial charge in [0.25, 0.3) is 0 Å². The van der Waals surface area contributed by atoms with Gasteiger partial charge in [-0.05, 0) is 51.8 Å². The molecule has 0 saturated heterocycles. The van der Waals surface area contributed by atoms with Crippen molar-refractivity contribution in [1.29, 1.82) is 0 Å². The van der Waals surface area contributed by atoms with Crippen LogP contribution in [0.15, 0.2) is 33.9 Å². The zero-order valence-electron chi connectivity index (χ0n) is 16.8. The van der Waals surface area contributed by atoms with Crippen molar-refractivity contribution in [3.05, 3.63) is 41.6 Å². The number of rotatable bonds is 8. The van der Waals surface area contributed by atoms with Crippen molar-refractivity contribution in [2.24, 2.45) is 10.9 Å². The number of halogens is 1. The van der Waals surface area contributed by atoms with E-state index in [-0.39, 0.29) is 30.5 Å². The molecule has 27 heavy (non-hydrogen) atoms. The zero-order valence-corrected chi connectivity index (χ0v) is 19.2. The number of furan rings is 1. The molecule has 2 aromatic heterocycles. The number of aromatic nitrogens is 2. The van der Waals surface area contributed by atoms with E-state index in [1.165, 1.54) is 5.69 Å². The van der Waals surface area contributed by atoms with E-state index >= 15 is 0 Å². The molecule has 0 fully saturated rings. The van der Waals surface area contributed by atoms with Gasteiger partial charge >= 0.3 is 0 Å². The van der Waals surface area contributed by atoms with Gasteiger partial charge in [-0.25, -0.2) is 4.99 Å². The Morgan fingerprint density at radius 3 is 2.70 bits per heavy atom. The fourth-order valence-electron chi connectivity index (χ4n) is 2.73. The van der Waals surface area contributed by atoms with E-state index in [0.717, 1.165) is 25.3 Å². The molecule has 2 aromatic rings. The molecule has 0 bridgehead atoms. The van der Waals surface area contributed by atoms with Crippen LogP contribution in [0.5, 0.6) is 0 Å². The predicted molar refractivity (Wildman–Crippen MR) is 119 cm³/mol. The number of aliphatic hydroxyl groups is 1. The van der Waals surface area contributed by atoms with Crippen molar-refractivity contribution in [1.82, 2.24) is 20.4 Å². The first-order valence-corrected chi connectivity index (χ1v) is 9.11. The fourth-order valence-corrected chi connectivity index (χ4v) is 2.73. The van der Waals surface area contributed by atoms with Gasteiger partial charge in [-0.3, -0.25) is 4.68 Å². The lowest BCUT2D eigenvalue weighted by molar-refractivity contribution is 0.0437. The topological polar surface area (TPSA) is 87.6 Å². The molecule has 2 unspecified atom stereocenters. The zero-order chi connectivity index (χ0) is 19.2. The minimum Gasteiger partial charge on any atom is -0.466 e. The summed E-state index contributed by atoms with van der Waals surface area (Å²) in [6.07, 6.45) is 1.55. The van der Waals surface area contributed by atoms with Crippen LogP contribution in [0.4, 0.5) is 0 Å². The average molecular weight is 489 g/mol. The van der Waals surface area contributed by atoms with Crippen LogP contribution in [0.25, 0.3) is 0 Å². The molecule has 152 valence electrons. The molecule has 8 heteroatoms. The van der Waals surface area contributed by atoms with Crippen LogP contribution in [0, 0.1) is 19.8 Å². The highest BCUT2D eigenvalue weighted by atomic mass is 127. The number of hydrogen-bond acceptors (Lipinski definition) is 4. The number of nitrogens with one attached hydrogen (secondary N) is 2. The third-order valence-corrected chi connectivity index (χ3v) is 4.15. The Morgan fingerprint density at radius 2 is 2.15 bits per heavy atom. The van der Waals surface area contributed by atoms with Gasteiger partial charge in [0.1, 0.15) is 11.4 Å². The maximum absolute atomic E-state index is 10.5. The minimum atomic E-state index is -1.14. The van der Waals surface area contributed by atoms with Gasteiger partial charge in [-0.1, -0.05) is 6.92 Å². The highest BCUT2D eigenvalue weighted by molar-refractivity contribution is 14.0. The number of aliphatic imine (C=N–C) groups is 1. The maximum Gasteiger partial charge on any atom is 0.191 e. The number of aryl methyl sites for hydroxylation is 2. The summed E-state index contributed by atoms with van der Waals surface area (Å²) in [4.78, 5) is 4.50. The van der Waals surface area contributed by atoms with Crippen molar-refractivity contribution in [2.45, 2.75) is 46.8 Å². The molecule has 0 aliphatic rings. The lowest BCUT2D eigenvalue weighted by atomic mass is 10.0. The summed E-state index contributed by atoms with van der Waals surface area (Å²) in [7, 11) is 0. The maximum atomic E-state index is 10.5. The highest BCUT2D eigenvalue weighted by Gasteiger charge is 2.26. The first kappa shape index (κ1) is 23.5. The van der Waals surface area contributed by atoms with E-state index in [1.54, 1.807) is 25.3 Å². The third-order valence-electron chi connectivity index (χ3n) is 4.15. The normalized spacial score (nSPS) is 15.0. The molecule has 0 aliphatic carbocycles. The molecule has 0 saturated carbocycles. The SMILES string of the molecule is CCNC(=NCC(C)(O)c1ccco1)NCC(C)Cn1nc(C)cc1C.I. The number of nitrogens with zero attached hydrogens (tertiary/aromatic N) is 3. The Hall–Kier alpha value is -1.55. The lowest BCUT2D eigenvalue weighted by Gasteiger charge is -2.20. The van der Waals surface area contributed by atoms with Gasteiger partial charge in [0.2, 0.25) is 0 Å². The smallest absolute Gasteiger partial charge is 0.191 e. The molecule has 3 N–H and O–H groups in total. The molecule has 0 spiro atoms. The van der Waals surface area contributed by atoms with Gasteiger partial charge < -0.3 is 20.2 Å². The second-order valence-electron chi connectivity index (χ2n) is 7.04. The summed E-state index contributed by atoms with van der Waals surface area (Å²) in [6, 6.07) is 5.60. The average Bonchev–Trinajstić information content (AvgIpc) is 3.21. The summed E-state index contributed by atoms with van der Waals surface area (Å²) < 4.78 is 7.33. The molecule has 0 radical (unpaired) electrons. The number of hydrogen-bond donors (Lipinski definition) is 3. The summed E-state index contributed by atoms with van der Waals surface area (Å²) in [5.74, 6) is 1.57. The van der Waals surface area contributed by atoms with Crippen molar-refractivity contribution in [3.8, 4) is 0 Å². The number of guanidine groups is 1. The van der Waals surface area contributed by atoms with Crippen molar-refractivity contribution in [2.75, 3.05) is 19.6 Å². The van der Waals surface area contributed by atoms with E-state index in [4.69, 9.17) is 4.42 Å². The first-order valence-electron chi connectivity index (χ1n) is 9.11. The van der Waals surface area contributed by atoms with Crippen molar-refractivity contribution in [3.63, 3.8) is 0 Å². The Bertz CT molecular complexity index is 710. The third kappa shape index (κ3) is 7.17. The molecule has 7 nitrogen and oxygen atoms in total. The molecule has 2 rings (SSSR count). The van der Waals surface area contributed by atoms with Crippen LogP contribution in [-0.2, 0) is 12.1 Å². The van der Waals surface area contributed by atoms with Crippen LogP contribution in [0.1, 0.15) is 37.9 Å². The molecule has 0 aromatic carbocycles. The lowest BCUT2D eigenvalue weighted by Crippen LogP contribution is -2.41. The Balaban J connectivity index is 0.00000364. The summed E-state index contributed by atoms with van der Waals surface area (Å²) >= 11 is 0. The van der Waals surface area contributed by atoms with Crippen LogP contribution in [0.2, 0.25) is 0 Å². The predicted octanol–water partition coefficient (Wildman–Crippen LogP) is 2.81. The molecule has 2 atom stereocenters. The van der Waals surface area contributed by atoms with Crippen LogP contribution in [-0.4, -0.2) is 40.5 Å². The minimum absolute atomic E-state index is 0. The van der Waals surface area contributed by atoms with Crippen molar-refractivity contribution < 1.29 is 9.52 Å². The van der Waals surface area contributed by atoms with E-state index in [9.17, 15) is 5.11 Å². The van der Waals surface area contributed by atoms with Gasteiger partial charge in [0, 0.05) is 25.3 Å². The summed E-state index contributed by atoms with van der Waals surface area (Å²) in [5, 5.41) is 21.6. The summed E-state index contributed by atoms with van der Waals surface area (Å²) in [5.41, 5.74) is 1.07. The van der Waals surface area contributed by atoms with Crippen LogP contribution in [0.3, 0.4) is 0 Å². The van der Waals surface area contributed by atoms with E-state index in [2.05, 4.69) is 40.6 Å². The second-order valence-corrected chi connectivity index (χ2v) is 7.04. The highest BCUT2D eigenvalue weighted by Crippen LogP contribution is 2.21. The standard InChI is InChI=1S/C19H31N5O2.HI/c1-6-20-18(22-13-19(5,25)17-8-7-9-26-17)21-11-14(2)12-24-16(4)10-15(3)23-24;/h7-10,14,25H,6,11-13H2,1-5H3,(H2,20,21,22);1H. The van der Waals surface area contributed by atoms with E-state index in [1.807, 2.05) is 18.5 Å². The van der Waals surface area contributed by atoms with Crippen molar-refractivity contribution >= 4 is 29.9 Å². The van der Waals surface area contributed by atoms with E-state index < -0.39 is 5.60 Å². The Labute approximate surface area is 178 Å². The van der Waals surface area contributed by atoms with E-state index in [0.29, 0.717) is 17.6 Å². The first-order chi connectivity index (χ1) is 12.3. The fraction of sp³-hybridized carbons (Fsp3) is 0.579. The molecule has 0 amide bonds. The van der Waals surface area contributed by atoms with Gasteiger partial charge in [-0.2, -0.15) is 5.10 Å². The molecular weight excluding hydrogens is 457 g/mol. The molecular formula is C19H32IN5O2. The Morgan fingerprint density at radius 1 is 1.41 bits per heavy atom. The van der Waals surface area contributed by atoms with Gasteiger partial charge in [0.15, 0.2) is 5.96 Å². The monoisotopic (exact) mass is 489 g/mol. The largest absolute Gasteiger partial charge is 0.466 e.